The molecule has 0 saturated carbocycles. The first-order valence-electron chi connectivity index (χ1n) is 7.24. The van der Waals surface area contributed by atoms with Crippen LogP contribution in [-0.4, -0.2) is 36.5 Å². The Labute approximate surface area is 137 Å². The maximum absolute atomic E-state index is 12.2. The molecule has 4 nitrogen and oxygen atoms in total. The van der Waals surface area contributed by atoms with Gasteiger partial charge >= 0.3 is 0 Å². The normalized spacial score (nSPS) is 12.3. The van der Waals surface area contributed by atoms with Gasteiger partial charge in [0.25, 0.3) is 0 Å². The van der Waals surface area contributed by atoms with Gasteiger partial charge in [0, 0.05) is 28.4 Å². The second kappa shape index (κ2) is 6.93. The number of halogens is 1. The average molecular weight is 332 g/mol. The lowest BCUT2D eigenvalue weighted by Crippen LogP contribution is -2.19. The highest BCUT2D eigenvalue weighted by molar-refractivity contribution is 7.22. The Morgan fingerprint density at radius 3 is 2.87 bits per heavy atom. The van der Waals surface area contributed by atoms with Crippen molar-refractivity contribution < 1.29 is 14.2 Å². The van der Waals surface area contributed by atoms with Crippen molar-refractivity contribution in [1.29, 1.82) is 0 Å². The van der Waals surface area contributed by atoms with E-state index in [9.17, 15) is 9.50 Å². The number of alkyl halides is 1. The number of anilines is 1. The van der Waals surface area contributed by atoms with E-state index < -0.39 is 12.8 Å². The summed E-state index contributed by atoms with van der Waals surface area (Å²) in [6.07, 6.45) is 0.757. The second-order valence-electron chi connectivity index (χ2n) is 5.11. The molecule has 0 aliphatic rings. The van der Waals surface area contributed by atoms with Gasteiger partial charge in [-0.05, 0) is 41.8 Å². The number of nitrogens with zero attached hydrogens (tertiary/aromatic N) is 1. The van der Waals surface area contributed by atoms with Crippen molar-refractivity contribution in [3.8, 4) is 16.2 Å². The minimum Gasteiger partial charge on any atom is -0.491 e. The van der Waals surface area contributed by atoms with Gasteiger partial charge < -0.3 is 15.2 Å². The maximum atomic E-state index is 12.2. The lowest BCUT2D eigenvalue weighted by atomic mass is 10.2. The number of aliphatic hydroxyl groups excluding tert-OH is 1. The zero-order valence-electron chi connectivity index (χ0n) is 12.6. The van der Waals surface area contributed by atoms with Gasteiger partial charge in [-0.3, -0.25) is 0 Å². The van der Waals surface area contributed by atoms with Gasteiger partial charge in [-0.1, -0.05) is 0 Å². The SMILES string of the molecule is CNc1ccc(-c2cc3ccc(OC[C@@H](O)C[19F])cc3s2)cn1. The highest BCUT2D eigenvalue weighted by atomic mass is 32.1. The summed E-state index contributed by atoms with van der Waals surface area (Å²) < 4.78 is 18.7. The molecule has 2 N–H and O–H groups in total. The first-order valence-corrected chi connectivity index (χ1v) is 8.06. The van der Waals surface area contributed by atoms with E-state index in [0.29, 0.717) is 5.75 Å². The van der Waals surface area contributed by atoms with Crippen molar-refractivity contribution in [2.45, 2.75) is 6.10 Å². The van der Waals surface area contributed by atoms with Crippen LogP contribution in [-0.2, 0) is 0 Å². The number of benzene rings is 1. The van der Waals surface area contributed by atoms with Crippen LogP contribution in [0.15, 0.2) is 42.6 Å². The summed E-state index contributed by atoms with van der Waals surface area (Å²) in [7, 11) is 1.84. The summed E-state index contributed by atoms with van der Waals surface area (Å²) in [6, 6.07) is 11.8. The van der Waals surface area contributed by atoms with Crippen LogP contribution < -0.4 is 10.1 Å². The number of ether oxygens (including phenoxy) is 1. The first-order chi connectivity index (χ1) is 11.2. The summed E-state index contributed by atoms with van der Waals surface area (Å²) in [5, 5.41) is 13.3. The van der Waals surface area contributed by atoms with Gasteiger partial charge in [0.15, 0.2) is 0 Å². The second-order valence-corrected chi connectivity index (χ2v) is 6.20. The van der Waals surface area contributed by atoms with Crippen molar-refractivity contribution in [1.82, 2.24) is 4.98 Å². The van der Waals surface area contributed by atoms with Gasteiger partial charge in [0.1, 0.15) is 31.0 Å². The summed E-state index contributed by atoms with van der Waals surface area (Å²) >= 11 is 1.64. The summed E-state index contributed by atoms with van der Waals surface area (Å²) in [5.41, 5.74) is 1.06. The molecule has 2 heterocycles. The molecule has 0 bridgehead atoms. The van der Waals surface area contributed by atoms with Crippen molar-refractivity contribution in [2.24, 2.45) is 0 Å². The van der Waals surface area contributed by atoms with Crippen LogP contribution in [0.1, 0.15) is 0 Å². The predicted molar refractivity (Wildman–Crippen MR) is 92.1 cm³/mol. The molecule has 0 unspecified atom stereocenters. The molecule has 0 aliphatic heterocycles. The van der Waals surface area contributed by atoms with Crippen molar-refractivity contribution in [2.75, 3.05) is 25.6 Å². The number of thiophene rings is 1. The fraction of sp³-hybridized carbons (Fsp3) is 0.235. The lowest BCUT2D eigenvalue weighted by molar-refractivity contribution is 0.0842. The van der Waals surface area contributed by atoms with Crippen LogP contribution in [0.25, 0.3) is 20.5 Å². The predicted octanol–water partition coefficient (Wildman–Crippen LogP) is 3.71. The maximum Gasteiger partial charge on any atom is 0.125 e. The quantitative estimate of drug-likeness (QED) is 0.722. The Kier molecular flexibility index (Phi) is 4.73. The number of nitrogens with one attached hydrogen (secondary N) is 1. The molecule has 0 fully saturated rings. The van der Waals surface area contributed by atoms with Crippen LogP contribution in [0.5, 0.6) is 5.75 Å². The third-order valence-corrected chi connectivity index (χ3v) is 4.56. The summed E-state index contributed by atoms with van der Waals surface area (Å²) in [5.74, 6) is 1.46. The van der Waals surface area contributed by atoms with Gasteiger partial charge in [0.2, 0.25) is 0 Å². The van der Waals surface area contributed by atoms with Gasteiger partial charge in [0.05, 0.1) is 0 Å². The Bertz CT molecular complexity index is 789. The number of rotatable bonds is 6. The molecule has 3 aromatic rings. The zero-order chi connectivity index (χ0) is 16.2. The Balaban J connectivity index is 1.83. The minimum atomic E-state index is -1.08. The molecule has 0 radical (unpaired) electrons. The van der Waals surface area contributed by atoms with E-state index in [1.165, 1.54) is 0 Å². The molecule has 23 heavy (non-hydrogen) atoms. The van der Waals surface area contributed by atoms with Crippen LogP contribution >= 0.6 is 11.3 Å². The van der Waals surface area contributed by atoms with Crippen molar-refractivity contribution >= 4 is 27.2 Å². The molecule has 0 aliphatic carbocycles. The molecule has 0 saturated heterocycles. The third kappa shape index (κ3) is 3.60. The van der Waals surface area contributed by atoms with E-state index in [1.54, 1.807) is 11.3 Å². The Morgan fingerprint density at radius 2 is 2.17 bits per heavy atom. The van der Waals surface area contributed by atoms with E-state index in [4.69, 9.17) is 4.74 Å². The zero-order valence-corrected chi connectivity index (χ0v) is 13.4. The molecule has 1 aromatic carbocycles. The number of fused-ring (bicyclic) bond motifs is 1. The molecule has 1 atom stereocenters. The summed E-state index contributed by atoms with van der Waals surface area (Å²) in [4.78, 5) is 5.45. The third-order valence-electron chi connectivity index (χ3n) is 3.42. The highest BCUT2D eigenvalue weighted by Gasteiger charge is 2.08. The Morgan fingerprint density at radius 1 is 1.30 bits per heavy atom. The molecule has 6 heteroatoms. The molecule has 3 rings (SSSR count). The van der Waals surface area contributed by atoms with Crippen molar-refractivity contribution in [3.63, 3.8) is 0 Å². The number of pyridine rings is 1. The smallest absolute Gasteiger partial charge is 0.125 e. The molecule has 0 amide bonds. The number of hydrogen-bond acceptors (Lipinski definition) is 5. The van der Waals surface area contributed by atoms with E-state index in [0.717, 1.165) is 26.3 Å². The molecular weight excluding hydrogens is 315 g/mol. The lowest BCUT2D eigenvalue weighted by Gasteiger charge is -2.08. The average Bonchev–Trinajstić information content (AvgIpc) is 3.03. The van der Waals surface area contributed by atoms with Gasteiger partial charge in [-0.15, -0.1) is 11.3 Å². The molecular formula is C17H17FN2O2S. The van der Waals surface area contributed by atoms with Crippen LogP contribution in [0, 0.1) is 0 Å². The van der Waals surface area contributed by atoms with Gasteiger partial charge in [-0.2, -0.15) is 0 Å². The molecule has 0 spiro atoms. The first kappa shape index (κ1) is 15.7. The highest BCUT2D eigenvalue weighted by Crippen LogP contribution is 2.35. The fourth-order valence-electron chi connectivity index (χ4n) is 2.17. The molecule has 2 aromatic heterocycles. The van der Waals surface area contributed by atoms with E-state index in [2.05, 4.69) is 16.4 Å². The topological polar surface area (TPSA) is 54.4 Å². The van der Waals surface area contributed by atoms with Crippen molar-refractivity contribution in [3.05, 3.63) is 42.6 Å². The number of aromatic nitrogens is 1. The van der Waals surface area contributed by atoms with E-state index in [1.807, 2.05) is 43.6 Å². The molecule has 120 valence electrons. The monoisotopic (exact) mass is 332 g/mol. The van der Waals surface area contributed by atoms with Crippen LogP contribution in [0.4, 0.5) is 10.2 Å². The number of aliphatic hydroxyl groups is 1. The Hall–Kier alpha value is -2.18. The standard InChI is InChI=1S/C17H17FN2O2S/c1-19-17-5-3-12(9-20-17)15-6-11-2-4-14(7-16(11)23-15)22-10-13(21)8-18/h2-7,9,13,21H,8,10H2,1H3,(H,19,20)/t13-/m0/s1/i18+0. The van der Waals surface area contributed by atoms with Crippen LogP contribution in [0.3, 0.4) is 0 Å². The van der Waals surface area contributed by atoms with E-state index >= 15 is 0 Å². The largest absolute Gasteiger partial charge is 0.491 e. The summed E-state index contributed by atoms with van der Waals surface area (Å²) in [6.45, 7) is -0.851. The number of hydrogen-bond donors (Lipinski definition) is 2. The van der Waals surface area contributed by atoms with E-state index in [-0.39, 0.29) is 6.61 Å². The minimum absolute atomic E-state index is 0.0460. The fourth-order valence-corrected chi connectivity index (χ4v) is 3.25. The van der Waals surface area contributed by atoms with Gasteiger partial charge in [-0.25, -0.2) is 9.37 Å². The van der Waals surface area contributed by atoms with Crippen LogP contribution in [0.2, 0.25) is 0 Å².